The lowest BCUT2D eigenvalue weighted by Gasteiger charge is -2.45. The van der Waals surface area contributed by atoms with Crippen molar-refractivity contribution in [3.8, 4) is 0 Å². The second-order valence-electron chi connectivity index (χ2n) is 5.84. The van der Waals surface area contributed by atoms with Crippen LogP contribution in [0.2, 0.25) is 0 Å². The van der Waals surface area contributed by atoms with Crippen LogP contribution in [0.1, 0.15) is 24.2 Å². The van der Waals surface area contributed by atoms with Gasteiger partial charge in [-0.05, 0) is 27.0 Å². The van der Waals surface area contributed by atoms with E-state index >= 15 is 0 Å². The second kappa shape index (κ2) is 5.28. The molecule has 0 spiro atoms. The van der Waals surface area contributed by atoms with Crippen molar-refractivity contribution >= 4 is 17.4 Å². The van der Waals surface area contributed by atoms with Gasteiger partial charge in [-0.3, -0.25) is 19.8 Å². The van der Waals surface area contributed by atoms with Crippen LogP contribution >= 0.6 is 0 Å². The van der Waals surface area contributed by atoms with Gasteiger partial charge >= 0.3 is 0 Å². The zero-order chi connectivity index (χ0) is 15.8. The topological polar surface area (TPSA) is 106 Å². The second-order valence-corrected chi connectivity index (χ2v) is 5.84. The maximum absolute atomic E-state index is 12.6. The van der Waals surface area contributed by atoms with Crippen LogP contribution in [0.25, 0.3) is 0 Å². The Balaban J connectivity index is 2.32. The first kappa shape index (κ1) is 15.2. The average Bonchev–Trinajstić information content (AvgIpc) is 2.40. The number of amides is 1. The lowest BCUT2D eigenvalue weighted by Crippen LogP contribution is -2.58. The molecule has 0 atom stereocenters. The van der Waals surface area contributed by atoms with E-state index in [4.69, 9.17) is 5.73 Å². The van der Waals surface area contributed by atoms with Crippen molar-refractivity contribution < 1.29 is 9.72 Å². The van der Waals surface area contributed by atoms with E-state index in [0.29, 0.717) is 19.6 Å². The third kappa shape index (κ3) is 2.94. The molecule has 2 heterocycles. The van der Waals surface area contributed by atoms with Gasteiger partial charge in [-0.2, -0.15) is 0 Å². The van der Waals surface area contributed by atoms with Gasteiger partial charge in [0.1, 0.15) is 17.6 Å². The minimum atomic E-state index is -0.610. The number of aromatic nitrogens is 1. The fourth-order valence-electron chi connectivity index (χ4n) is 2.37. The molecule has 1 aromatic heterocycles. The normalized spacial score (nSPS) is 18.5. The lowest BCUT2D eigenvalue weighted by molar-refractivity contribution is -0.385. The first-order valence-corrected chi connectivity index (χ1v) is 6.63. The smallest absolute Gasteiger partial charge is 0.300 e. The van der Waals surface area contributed by atoms with Gasteiger partial charge in [0, 0.05) is 25.2 Å². The summed E-state index contributed by atoms with van der Waals surface area (Å²) in [7, 11) is 1.99. The van der Waals surface area contributed by atoms with Gasteiger partial charge < -0.3 is 10.6 Å². The summed E-state index contributed by atoms with van der Waals surface area (Å²) in [5, 5.41) is 11.0. The number of hydrogen-bond donors (Lipinski definition) is 1. The summed E-state index contributed by atoms with van der Waals surface area (Å²) in [6, 6.07) is 1.27. The molecule has 0 radical (unpaired) electrons. The van der Waals surface area contributed by atoms with E-state index in [1.807, 2.05) is 20.9 Å². The Kier molecular flexibility index (Phi) is 3.82. The maximum atomic E-state index is 12.6. The zero-order valence-corrected chi connectivity index (χ0v) is 12.4. The SMILES string of the molecule is CN1CCN(C(=O)c2cc(N)ncc2[N+](=O)[O-])CC1(C)C. The monoisotopic (exact) mass is 293 g/mol. The molecule has 2 N–H and O–H groups in total. The highest BCUT2D eigenvalue weighted by Crippen LogP contribution is 2.25. The van der Waals surface area contributed by atoms with E-state index in [9.17, 15) is 14.9 Å². The molecule has 114 valence electrons. The molecule has 21 heavy (non-hydrogen) atoms. The molecule has 1 aliphatic heterocycles. The molecule has 0 saturated carbocycles. The molecule has 0 aliphatic carbocycles. The molecule has 1 amide bonds. The van der Waals surface area contributed by atoms with Crippen molar-refractivity contribution in [3.63, 3.8) is 0 Å². The first-order chi connectivity index (χ1) is 9.72. The van der Waals surface area contributed by atoms with Gasteiger partial charge in [-0.1, -0.05) is 0 Å². The standard InChI is InChI=1S/C13H19N5O3/c1-13(2)8-17(5-4-16(13)3)12(19)9-6-11(14)15-7-10(9)18(20)21/h6-7H,4-5,8H2,1-3H3,(H2,14,15). The summed E-state index contributed by atoms with van der Waals surface area (Å²) in [6.07, 6.45) is 1.03. The average molecular weight is 293 g/mol. The molecule has 0 unspecified atom stereocenters. The van der Waals surface area contributed by atoms with Crippen LogP contribution in [0.15, 0.2) is 12.3 Å². The predicted molar refractivity (Wildman–Crippen MR) is 77.9 cm³/mol. The zero-order valence-electron chi connectivity index (χ0n) is 12.4. The minimum absolute atomic E-state index is 0.00662. The number of pyridine rings is 1. The molecule has 8 nitrogen and oxygen atoms in total. The number of carbonyl (C=O) groups excluding carboxylic acids is 1. The Morgan fingerprint density at radius 1 is 1.48 bits per heavy atom. The number of rotatable bonds is 2. The molecule has 1 aliphatic rings. The highest BCUT2D eigenvalue weighted by molar-refractivity contribution is 5.98. The summed E-state index contributed by atoms with van der Waals surface area (Å²) >= 11 is 0. The van der Waals surface area contributed by atoms with Crippen molar-refractivity contribution in [1.29, 1.82) is 0 Å². The van der Waals surface area contributed by atoms with Gasteiger partial charge in [0.05, 0.1) is 4.92 Å². The third-order valence-corrected chi connectivity index (χ3v) is 3.93. The van der Waals surface area contributed by atoms with Crippen LogP contribution in [-0.2, 0) is 0 Å². The van der Waals surface area contributed by atoms with Crippen LogP contribution in [0.3, 0.4) is 0 Å². The van der Waals surface area contributed by atoms with E-state index < -0.39 is 4.92 Å². The lowest BCUT2D eigenvalue weighted by atomic mass is 9.99. The summed E-state index contributed by atoms with van der Waals surface area (Å²) in [5.74, 6) is -0.283. The minimum Gasteiger partial charge on any atom is -0.384 e. The number of nitrogen functional groups attached to an aromatic ring is 1. The fourth-order valence-corrected chi connectivity index (χ4v) is 2.37. The number of hydrogen-bond acceptors (Lipinski definition) is 6. The first-order valence-electron chi connectivity index (χ1n) is 6.63. The Morgan fingerprint density at radius 2 is 2.14 bits per heavy atom. The molecule has 0 aromatic carbocycles. The van der Waals surface area contributed by atoms with Crippen LogP contribution in [0, 0.1) is 10.1 Å². The van der Waals surface area contributed by atoms with E-state index in [1.54, 1.807) is 4.90 Å². The van der Waals surface area contributed by atoms with Gasteiger partial charge in [0.2, 0.25) is 0 Å². The third-order valence-electron chi connectivity index (χ3n) is 3.93. The van der Waals surface area contributed by atoms with Crippen molar-refractivity contribution in [3.05, 3.63) is 27.9 Å². The highest BCUT2D eigenvalue weighted by Gasteiger charge is 2.35. The fraction of sp³-hybridized carbons (Fsp3) is 0.538. The van der Waals surface area contributed by atoms with E-state index in [0.717, 1.165) is 6.20 Å². The highest BCUT2D eigenvalue weighted by atomic mass is 16.6. The van der Waals surface area contributed by atoms with Gasteiger partial charge in [0.25, 0.3) is 11.6 Å². The Hall–Kier alpha value is -2.22. The Labute approximate surface area is 122 Å². The van der Waals surface area contributed by atoms with Gasteiger partial charge in [-0.15, -0.1) is 0 Å². The van der Waals surface area contributed by atoms with Crippen LogP contribution in [0.5, 0.6) is 0 Å². The maximum Gasteiger partial charge on any atom is 0.300 e. The van der Waals surface area contributed by atoms with Crippen molar-refractivity contribution in [2.75, 3.05) is 32.4 Å². The van der Waals surface area contributed by atoms with Crippen LogP contribution in [0.4, 0.5) is 11.5 Å². The molecule has 1 aromatic rings. The Bertz CT molecular complexity index is 587. The molecule has 8 heteroatoms. The molecule has 1 saturated heterocycles. The molecule has 1 fully saturated rings. The van der Waals surface area contributed by atoms with Crippen molar-refractivity contribution in [2.45, 2.75) is 19.4 Å². The van der Waals surface area contributed by atoms with E-state index in [-0.39, 0.29) is 28.5 Å². The van der Waals surface area contributed by atoms with E-state index in [2.05, 4.69) is 9.88 Å². The van der Waals surface area contributed by atoms with Gasteiger partial charge in [0.15, 0.2) is 0 Å². The van der Waals surface area contributed by atoms with Crippen molar-refractivity contribution in [2.24, 2.45) is 0 Å². The Morgan fingerprint density at radius 3 is 2.71 bits per heavy atom. The summed E-state index contributed by atoms with van der Waals surface area (Å²) in [4.78, 5) is 30.5. The molecular formula is C13H19N5O3. The van der Waals surface area contributed by atoms with Crippen LogP contribution < -0.4 is 5.73 Å². The summed E-state index contributed by atoms with van der Waals surface area (Å²) in [5.41, 5.74) is 5.06. The number of nitrogens with two attached hydrogens (primary N) is 1. The number of nitro groups is 1. The quantitative estimate of drug-likeness (QED) is 0.636. The number of likely N-dealkylation sites (N-methyl/N-ethyl adjacent to an activating group) is 1. The number of piperazine rings is 1. The number of anilines is 1. The number of carbonyl (C=O) groups is 1. The number of nitrogens with zero attached hydrogens (tertiary/aromatic N) is 4. The molecular weight excluding hydrogens is 274 g/mol. The van der Waals surface area contributed by atoms with Crippen LogP contribution in [-0.4, -0.2) is 57.8 Å². The summed E-state index contributed by atoms with van der Waals surface area (Å²) < 4.78 is 0. The largest absolute Gasteiger partial charge is 0.384 e. The molecule has 0 bridgehead atoms. The molecule has 2 rings (SSSR count). The predicted octanol–water partition coefficient (Wildman–Crippen LogP) is 0.738. The summed E-state index contributed by atoms with van der Waals surface area (Å²) in [6.45, 7) is 5.80. The van der Waals surface area contributed by atoms with E-state index in [1.165, 1.54) is 6.07 Å². The van der Waals surface area contributed by atoms with Crippen molar-refractivity contribution in [1.82, 2.24) is 14.8 Å². The van der Waals surface area contributed by atoms with Gasteiger partial charge in [-0.25, -0.2) is 4.98 Å².